The van der Waals surface area contributed by atoms with E-state index < -0.39 is 0 Å². The van der Waals surface area contributed by atoms with Crippen LogP contribution in [0.15, 0.2) is 0 Å². The maximum absolute atomic E-state index is 3.94. The Hall–Kier alpha value is 0.270. The van der Waals surface area contributed by atoms with Crippen LogP contribution in [0.1, 0.15) is 0 Å². The third-order valence-electron chi connectivity index (χ3n) is 0.434. The van der Waals surface area contributed by atoms with Gasteiger partial charge in [0.2, 0.25) is 0 Å². The van der Waals surface area contributed by atoms with Crippen LogP contribution >= 0.6 is 11.9 Å². The lowest BCUT2D eigenvalue weighted by Crippen LogP contribution is -2.02. The molecule has 5 heavy (non-hydrogen) atoms. The molecule has 1 saturated heterocycles. The molecule has 0 saturated carbocycles. The molecule has 1 rings (SSSR count). The van der Waals surface area contributed by atoms with Gasteiger partial charge in [-0.1, -0.05) is 11.9 Å². The van der Waals surface area contributed by atoms with Crippen LogP contribution in [0.4, 0.5) is 0 Å². The third-order valence-corrected chi connectivity index (χ3v) is 1.08. The molecule has 0 amide bonds. The molecule has 0 bridgehead atoms. The Kier molecular flexibility index (Phi) is 1.14. The molecule has 3 heteroatoms. The molecule has 1 radical (unpaired) electrons. The Bertz CT molecular complexity index is 19.2. The predicted octanol–water partition coefficient (Wildman–Crippen LogP) is -0.243. The van der Waals surface area contributed by atoms with Crippen molar-refractivity contribution in [2.24, 2.45) is 0 Å². The highest BCUT2D eigenvalue weighted by Crippen LogP contribution is 1.93. The molecule has 0 aromatic rings. The van der Waals surface area contributed by atoms with E-state index in [1.54, 1.807) is 11.9 Å². The lowest BCUT2D eigenvalue weighted by Gasteiger charge is -1.73. The number of hydrogen-bond donors (Lipinski definition) is 1. The van der Waals surface area contributed by atoms with Gasteiger partial charge in [0.1, 0.15) is 0 Å². The van der Waals surface area contributed by atoms with Gasteiger partial charge in [-0.2, -0.15) is 0 Å². The second-order valence-electron chi connectivity index (χ2n) is 0.799. The van der Waals surface area contributed by atoms with Crippen LogP contribution in [-0.4, -0.2) is 12.5 Å². The molecule has 0 spiro atoms. The number of nitrogens with one attached hydrogen (secondary N) is 1. The highest BCUT2D eigenvalue weighted by Gasteiger charge is 1.93. The van der Waals surface area contributed by atoms with Gasteiger partial charge in [0.15, 0.2) is 0 Å². The van der Waals surface area contributed by atoms with Crippen molar-refractivity contribution in [2.75, 3.05) is 12.5 Å². The summed E-state index contributed by atoms with van der Waals surface area (Å²) < 4.78 is 2.97. The zero-order valence-corrected chi connectivity index (χ0v) is 3.59. The first kappa shape index (κ1) is 3.46. The normalized spacial score (nSPS) is 24.0. The number of nitrogens with zero attached hydrogens (tertiary/aromatic N) is 1. The predicted molar refractivity (Wildman–Crippen MR) is 22.6 cm³/mol. The van der Waals surface area contributed by atoms with Gasteiger partial charge in [0.25, 0.3) is 0 Å². The Labute approximate surface area is 35.5 Å². The quantitative estimate of drug-likeness (QED) is 0.414. The van der Waals surface area contributed by atoms with E-state index in [1.807, 2.05) is 0 Å². The largest absolute Gasteiger partial charge is 0.248 e. The van der Waals surface area contributed by atoms with Crippen molar-refractivity contribution in [2.45, 2.75) is 0 Å². The molecule has 0 aromatic heterocycles. The standard InChI is InChI=1S/C2H5N2S/c1-3-2-5-4-1/h4H,1-2H2. The molecule has 0 aromatic carbocycles. The summed E-state index contributed by atoms with van der Waals surface area (Å²) in [7, 11) is 0. The fourth-order valence-corrected chi connectivity index (χ4v) is 0.685. The van der Waals surface area contributed by atoms with E-state index in [4.69, 9.17) is 0 Å². The second-order valence-corrected chi connectivity index (χ2v) is 1.64. The van der Waals surface area contributed by atoms with Crippen LogP contribution in [-0.2, 0) is 0 Å². The Morgan fingerprint density at radius 3 is 3.00 bits per heavy atom. The fourth-order valence-electron chi connectivity index (χ4n) is 0.228. The molecule has 0 aliphatic carbocycles. The molecule has 1 aliphatic rings. The van der Waals surface area contributed by atoms with Crippen molar-refractivity contribution in [3.8, 4) is 0 Å². The van der Waals surface area contributed by atoms with E-state index in [-0.39, 0.29) is 0 Å². The van der Waals surface area contributed by atoms with E-state index in [0.29, 0.717) is 0 Å². The fraction of sp³-hybridized carbons (Fsp3) is 1.00. The smallest absolute Gasteiger partial charge is 0.0751 e. The van der Waals surface area contributed by atoms with Crippen molar-refractivity contribution in [3.63, 3.8) is 0 Å². The van der Waals surface area contributed by atoms with Crippen molar-refractivity contribution in [1.29, 1.82) is 0 Å². The molecule has 29 valence electrons. The monoisotopic (exact) mass is 89.0 g/mol. The average molecular weight is 89.1 g/mol. The summed E-state index contributed by atoms with van der Waals surface area (Å²) in [6.45, 7) is 0.838. The summed E-state index contributed by atoms with van der Waals surface area (Å²) >= 11 is 1.66. The highest BCUT2D eigenvalue weighted by molar-refractivity contribution is 7.97. The molecular formula is C2H5N2S. The summed E-state index contributed by atoms with van der Waals surface area (Å²) in [5.41, 5.74) is 0. The van der Waals surface area contributed by atoms with Gasteiger partial charge in [-0.25, -0.2) is 10.0 Å². The molecular weight excluding hydrogens is 84.1 g/mol. The van der Waals surface area contributed by atoms with Crippen LogP contribution in [0, 0.1) is 0 Å². The van der Waals surface area contributed by atoms with Crippen LogP contribution in [0.3, 0.4) is 0 Å². The molecule has 1 aliphatic heterocycles. The van der Waals surface area contributed by atoms with Gasteiger partial charge in [-0.15, -0.1) is 0 Å². The minimum atomic E-state index is 0.838. The van der Waals surface area contributed by atoms with Gasteiger partial charge in [-0.3, -0.25) is 0 Å². The van der Waals surface area contributed by atoms with Crippen LogP contribution in [0.5, 0.6) is 0 Å². The molecule has 0 atom stereocenters. The number of rotatable bonds is 0. The third kappa shape index (κ3) is 0.792. The summed E-state index contributed by atoms with van der Waals surface area (Å²) in [5.74, 6) is 0.931. The zero-order valence-electron chi connectivity index (χ0n) is 2.77. The summed E-state index contributed by atoms with van der Waals surface area (Å²) in [5, 5.41) is 3.94. The van der Waals surface area contributed by atoms with Crippen molar-refractivity contribution in [3.05, 3.63) is 0 Å². The van der Waals surface area contributed by atoms with E-state index in [1.165, 1.54) is 0 Å². The lowest BCUT2D eigenvalue weighted by atomic mass is 11.1. The lowest BCUT2D eigenvalue weighted by molar-refractivity contribution is 0.802. The highest BCUT2D eigenvalue weighted by atomic mass is 32.2. The van der Waals surface area contributed by atoms with Gasteiger partial charge >= 0.3 is 0 Å². The van der Waals surface area contributed by atoms with Crippen LogP contribution in [0.25, 0.3) is 0 Å². The van der Waals surface area contributed by atoms with Crippen LogP contribution < -0.4 is 10.0 Å². The average Bonchev–Trinajstić information content (AvgIpc) is 1.76. The minimum Gasteiger partial charge on any atom is -0.248 e. The van der Waals surface area contributed by atoms with Gasteiger partial charge in [-0.05, 0) is 0 Å². The summed E-state index contributed by atoms with van der Waals surface area (Å²) in [6.07, 6.45) is 0. The van der Waals surface area contributed by atoms with Gasteiger partial charge < -0.3 is 0 Å². The van der Waals surface area contributed by atoms with E-state index in [0.717, 1.165) is 12.5 Å². The number of hydrogen-bond acceptors (Lipinski definition) is 2. The first-order valence-electron chi connectivity index (χ1n) is 1.48. The summed E-state index contributed by atoms with van der Waals surface area (Å²) in [4.78, 5) is 0. The van der Waals surface area contributed by atoms with Gasteiger partial charge in [0.05, 0.1) is 12.5 Å². The molecule has 1 heterocycles. The Balaban J connectivity index is 2.08. The Morgan fingerprint density at radius 1 is 1.80 bits per heavy atom. The first-order valence-corrected chi connectivity index (χ1v) is 2.46. The van der Waals surface area contributed by atoms with E-state index in [9.17, 15) is 0 Å². The van der Waals surface area contributed by atoms with E-state index in [2.05, 4.69) is 10.0 Å². The van der Waals surface area contributed by atoms with Crippen molar-refractivity contribution >= 4 is 11.9 Å². The maximum atomic E-state index is 3.94. The topological polar surface area (TPSA) is 26.1 Å². The van der Waals surface area contributed by atoms with Crippen molar-refractivity contribution < 1.29 is 0 Å². The zero-order chi connectivity index (χ0) is 3.54. The van der Waals surface area contributed by atoms with Crippen molar-refractivity contribution in [1.82, 2.24) is 10.0 Å². The van der Waals surface area contributed by atoms with Gasteiger partial charge in [0, 0.05) is 0 Å². The minimum absolute atomic E-state index is 0.838. The molecule has 2 nitrogen and oxygen atoms in total. The first-order chi connectivity index (χ1) is 2.50. The summed E-state index contributed by atoms with van der Waals surface area (Å²) in [6, 6.07) is 0. The van der Waals surface area contributed by atoms with Crippen LogP contribution in [0.2, 0.25) is 0 Å². The Morgan fingerprint density at radius 2 is 2.80 bits per heavy atom. The maximum Gasteiger partial charge on any atom is 0.0751 e. The molecule has 1 N–H and O–H groups in total. The molecule has 1 fully saturated rings. The van der Waals surface area contributed by atoms with E-state index >= 15 is 0 Å². The molecule has 0 unspecified atom stereocenters. The SMILES string of the molecule is C1[N]CSN1. The second kappa shape index (κ2) is 1.64.